The summed E-state index contributed by atoms with van der Waals surface area (Å²) in [7, 11) is 10.7. The van der Waals surface area contributed by atoms with E-state index < -0.39 is 42.0 Å². The van der Waals surface area contributed by atoms with Gasteiger partial charge in [0.05, 0.1) is 55.7 Å². The lowest BCUT2D eigenvalue weighted by atomic mass is 9.74. The maximum Gasteiger partial charge on any atom is 0.316 e. The SMILES string of the molecule is COc1ccc(C2Oc3c(c(OC)cc4c3C3c5cc(OC)c(OC)cc5OC(c5ccc(OC)c(OC)c5)(O4)C3OC(C)=O)CC2OC(C)=O)cc1OC. The number of methoxy groups -OCH3 is 7. The van der Waals surface area contributed by atoms with E-state index in [1.807, 2.05) is 6.07 Å². The number of fused-ring (bicyclic) bond motifs is 8. The molecule has 4 aromatic carbocycles. The van der Waals surface area contributed by atoms with Gasteiger partial charge in [-0.1, -0.05) is 6.07 Å². The molecule has 3 aliphatic rings. The second kappa shape index (κ2) is 14.6. The van der Waals surface area contributed by atoms with Crippen molar-refractivity contribution in [2.45, 2.75) is 50.3 Å². The van der Waals surface area contributed by atoms with Gasteiger partial charge in [-0.15, -0.1) is 0 Å². The van der Waals surface area contributed by atoms with Crippen molar-refractivity contribution in [3.05, 3.63) is 82.4 Å². The fraction of sp³-hybridized carbons (Fsp3) is 0.366. The van der Waals surface area contributed by atoms with Crippen LogP contribution in [0.15, 0.2) is 54.6 Å². The highest BCUT2D eigenvalue weighted by atomic mass is 16.7. The van der Waals surface area contributed by atoms with E-state index in [1.54, 1.807) is 55.6 Å². The van der Waals surface area contributed by atoms with Crippen molar-refractivity contribution in [1.29, 1.82) is 0 Å². The molecule has 0 amide bonds. The van der Waals surface area contributed by atoms with Gasteiger partial charge in [0.1, 0.15) is 29.1 Å². The van der Waals surface area contributed by atoms with E-state index >= 15 is 0 Å². The van der Waals surface area contributed by atoms with E-state index in [9.17, 15) is 9.59 Å². The van der Waals surface area contributed by atoms with Gasteiger partial charge >= 0.3 is 17.7 Å². The first kappa shape index (κ1) is 37.1. The molecule has 14 heteroatoms. The van der Waals surface area contributed by atoms with Crippen molar-refractivity contribution < 1.29 is 66.4 Å². The Morgan fingerprint density at radius 3 is 1.78 bits per heavy atom. The van der Waals surface area contributed by atoms with Crippen LogP contribution in [-0.2, 0) is 31.3 Å². The van der Waals surface area contributed by atoms with Crippen molar-refractivity contribution in [2.24, 2.45) is 0 Å². The van der Waals surface area contributed by atoms with Crippen LogP contribution >= 0.6 is 0 Å². The summed E-state index contributed by atoms with van der Waals surface area (Å²) in [6.45, 7) is 2.66. The summed E-state index contributed by atoms with van der Waals surface area (Å²) in [6.07, 6.45) is -2.55. The first-order valence-corrected chi connectivity index (χ1v) is 17.4. The van der Waals surface area contributed by atoms with E-state index in [4.69, 9.17) is 56.8 Å². The molecule has 0 aliphatic carbocycles. The largest absolute Gasteiger partial charge is 0.496 e. The van der Waals surface area contributed by atoms with E-state index in [2.05, 4.69) is 0 Å². The molecule has 5 unspecified atom stereocenters. The summed E-state index contributed by atoms with van der Waals surface area (Å²) in [5.41, 5.74) is 2.87. The van der Waals surface area contributed by atoms with E-state index in [0.29, 0.717) is 85.3 Å². The van der Waals surface area contributed by atoms with Gasteiger partial charge in [0.2, 0.25) is 0 Å². The third-order valence-electron chi connectivity index (χ3n) is 10.0. The van der Waals surface area contributed by atoms with Gasteiger partial charge < -0.3 is 56.8 Å². The van der Waals surface area contributed by atoms with Crippen molar-refractivity contribution in [2.75, 3.05) is 49.8 Å². The molecular formula is C41H42O14. The van der Waals surface area contributed by atoms with Crippen LogP contribution in [0.5, 0.6) is 57.5 Å². The van der Waals surface area contributed by atoms with Crippen LogP contribution in [0.25, 0.3) is 0 Å². The molecule has 4 aromatic rings. The molecule has 0 fully saturated rings. The maximum atomic E-state index is 13.1. The quantitative estimate of drug-likeness (QED) is 0.164. The monoisotopic (exact) mass is 758 g/mol. The standard InChI is InChI=1S/C41H42O14/c1-20(42)51-35-17-25-28(46-5)18-34-37(39(25)53-38(35)22-10-12-26(44-3)30(14-22)47-6)36-24-16-32(49-8)33(50-9)19-29(24)54-41(55-34,40(36)52-21(2)43)23-11-13-27(45-4)31(15-23)48-7/h10-16,18-19,35-36,38,40H,17H2,1-9H3. The average molecular weight is 759 g/mol. The number of esters is 2. The molecular weight excluding hydrogens is 716 g/mol. The van der Waals surface area contributed by atoms with Crippen LogP contribution in [-0.4, -0.2) is 73.9 Å². The summed E-state index contributed by atoms with van der Waals surface area (Å²) in [6, 6.07) is 15.8. The summed E-state index contributed by atoms with van der Waals surface area (Å²) in [5, 5.41) is 0. The molecule has 14 nitrogen and oxygen atoms in total. The summed E-state index contributed by atoms with van der Waals surface area (Å²) in [5.74, 6) is 0.511. The third-order valence-corrected chi connectivity index (χ3v) is 10.0. The number of benzene rings is 4. The van der Waals surface area contributed by atoms with Gasteiger partial charge in [0, 0.05) is 60.2 Å². The van der Waals surface area contributed by atoms with Crippen LogP contribution in [0.1, 0.15) is 53.7 Å². The molecule has 5 atom stereocenters. The minimum Gasteiger partial charge on any atom is -0.496 e. The molecule has 0 N–H and O–H groups in total. The van der Waals surface area contributed by atoms with Gasteiger partial charge in [-0.2, -0.15) is 0 Å². The second-order valence-corrected chi connectivity index (χ2v) is 13.0. The Bertz CT molecular complexity index is 2150. The molecule has 3 aliphatic heterocycles. The first-order chi connectivity index (χ1) is 26.5. The van der Waals surface area contributed by atoms with Crippen LogP contribution in [0.3, 0.4) is 0 Å². The van der Waals surface area contributed by atoms with E-state index in [1.165, 1.54) is 56.5 Å². The van der Waals surface area contributed by atoms with Crippen molar-refractivity contribution in [1.82, 2.24) is 0 Å². The molecule has 0 spiro atoms. The Hall–Kier alpha value is -6.18. The maximum absolute atomic E-state index is 13.1. The topological polar surface area (TPSA) is 145 Å². The minimum absolute atomic E-state index is 0.200. The molecule has 7 rings (SSSR count). The number of carbonyl (C=O) groups excluding carboxylic acids is 2. The Balaban J connectivity index is 1.53. The lowest BCUT2D eigenvalue weighted by Crippen LogP contribution is -2.59. The number of ether oxygens (including phenoxy) is 12. The molecule has 0 saturated heterocycles. The predicted molar refractivity (Wildman–Crippen MR) is 195 cm³/mol. The highest BCUT2D eigenvalue weighted by Gasteiger charge is 2.62. The smallest absolute Gasteiger partial charge is 0.316 e. The number of hydrogen-bond acceptors (Lipinski definition) is 14. The number of rotatable bonds is 11. The molecule has 0 aromatic heterocycles. The molecule has 2 bridgehead atoms. The van der Waals surface area contributed by atoms with Crippen LogP contribution < -0.4 is 47.4 Å². The lowest BCUT2D eigenvalue weighted by molar-refractivity contribution is -0.232. The number of hydrogen-bond donors (Lipinski definition) is 0. The molecule has 0 radical (unpaired) electrons. The summed E-state index contributed by atoms with van der Waals surface area (Å²) in [4.78, 5) is 25.7. The van der Waals surface area contributed by atoms with Gasteiger partial charge in [-0.25, -0.2) is 0 Å². The fourth-order valence-corrected chi connectivity index (χ4v) is 7.72. The average Bonchev–Trinajstić information content (AvgIpc) is 3.18. The normalized spacial score (nSPS) is 21.4. The first-order valence-electron chi connectivity index (χ1n) is 17.4. The molecule has 290 valence electrons. The minimum atomic E-state index is -1.79. The van der Waals surface area contributed by atoms with Crippen LogP contribution in [0.2, 0.25) is 0 Å². The van der Waals surface area contributed by atoms with Crippen molar-refractivity contribution >= 4 is 11.9 Å². The van der Waals surface area contributed by atoms with Crippen LogP contribution in [0.4, 0.5) is 0 Å². The van der Waals surface area contributed by atoms with Crippen molar-refractivity contribution in [3.63, 3.8) is 0 Å². The van der Waals surface area contributed by atoms with Gasteiger partial charge in [-0.3, -0.25) is 9.59 Å². The van der Waals surface area contributed by atoms with Gasteiger partial charge in [-0.05, 0) is 36.4 Å². The fourth-order valence-electron chi connectivity index (χ4n) is 7.72. The zero-order valence-electron chi connectivity index (χ0n) is 31.9. The molecule has 0 saturated carbocycles. The Labute approximate surface area is 317 Å². The Kier molecular flexibility index (Phi) is 9.84. The van der Waals surface area contributed by atoms with Crippen molar-refractivity contribution in [3.8, 4) is 57.5 Å². The second-order valence-electron chi connectivity index (χ2n) is 13.0. The van der Waals surface area contributed by atoms with E-state index in [-0.39, 0.29) is 6.42 Å². The zero-order valence-corrected chi connectivity index (χ0v) is 31.9. The molecule has 55 heavy (non-hydrogen) atoms. The van der Waals surface area contributed by atoms with Gasteiger partial charge in [0.15, 0.2) is 46.7 Å². The Morgan fingerprint density at radius 1 is 0.618 bits per heavy atom. The van der Waals surface area contributed by atoms with Crippen LogP contribution in [0, 0.1) is 0 Å². The van der Waals surface area contributed by atoms with E-state index in [0.717, 1.165) is 0 Å². The Morgan fingerprint density at radius 2 is 1.16 bits per heavy atom. The predicted octanol–water partition coefficient (Wildman–Crippen LogP) is 6.06. The highest BCUT2D eigenvalue weighted by molar-refractivity contribution is 5.71. The summed E-state index contributed by atoms with van der Waals surface area (Å²) >= 11 is 0. The number of carbonyl (C=O) groups is 2. The molecule has 3 heterocycles. The lowest BCUT2D eigenvalue weighted by Gasteiger charge is -2.51. The summed E-state index contributed by atoms with van der Waals surface area (Å²) < 4.78 is 72.8. The highest BCUT2D eigenvalue weighted by Crippen LogP contribution is 2.62. The van der Waals surface area contributed by atoms with Gasteiger partial charge in [0.25, 0.3) is 0 Å². The third kappa shape index (κ3) is 6.15. The zero-order chi connectivity index (χ0) is 39.2.